The molecule has 0 bridgehead atoms. The Labute approximate surface area is 129 Å². The molecule has 1 aliphatic heterocycles. The van der Waals surface area contributed by atoms with Gasteiger partial charge in [0.25, 0.3) is 0 Å². The molecule has 1 unspecified atom stereocenters. The minimum atomic E-state index is -4.00. The normalized spacial score (nSPS) is 19.1. The van der Waals surface area contributed by atoms with Gasteiger partial charge in [-0.3, -0.25) is 4.79 Å². The third-order valence-corrected chi connectivity index (χ3v) is 5.52. The van der Waals surface area contributed by atoms with E-state index in [1.807, 2.05) is 0 Å². The number of carbonyl (C=O) groups excluding carboxylic acids is 1. The fourth-order valence-electron chi connectivity index (χ4n) is 1.98. The van der Waals surface area contributed by atoms with Crippen LogP contribution in [0.5, 0.6) is 0 Å². The number of carboxylic acid groups (broad SMARTS) is 1. The Morgan fingerprint density at radius 3 is 2.76 bits per heavy atom. The fourth-order valence-corrected chi connectivity index (χ4v) is 4.20. The Bertz CT molecular complexity index is 689. The molecule has 1 aromatic rings. The number of benzene rings is 1. The molecule has 0 aliphatic carbocycles. The fraction of sp³-hybridized carbons (Fsp3) is 0.333. The zero-order chi connectivity index (χ0) is 15.6. The Morgan fingerprint density at radius 2 is 2.14 bits per heavy atom. The third kappa shape index (κ3) is 3.60. The number of carbonyl (C=O) groups is 2. The lowest BCUT2D eigenvalue weighted by molar-refractivity contribution is -0.124. The first-order valence-corrected chi connectivity index (χ1v) is 8.42. The molecule has 0 radical (unpaired) electrons. The van der Waals surface area contributed by atoms with Gasteiger partial charge >= 0.3 is 5.97 Å². The van der Waals surface area contributed by atoms with E-state index in [4.69, 9.17) is 5.11 Å². The van der Waals surface area contributed by atoms with Crippen molar-refractivity contribution in [2.45, 2.75) is 23.8 Å². The Balaban J connectivity index is 2.32. The molecule has 1 fully saturated rings. The number of halogens is 1. The summed E-state index contributed by atoms with van der Waals surface area (Å²) in [6.45, 7) is 0.523. The van der Waals surface area contributed by atoms with Crippen LogP contribution >= 0.6 is 15.9 Å². The molecular formula is C12H13BrN2O5S. The standard InChI is InChI=1S/C12H13BrN2O5S/c13-8-4-3-7(12(17)18)6-10(8)21(19,20)15-9-2-1-5-14-11(9)16/h3-4,6,9,15H,1-2,5H2,(H,14,16)(H,17,18). The van der Waals surface area contributed by atoms with Crippen LogP contribution in [0.3, 0.4) is 0 Å². The van der Waals surface area contributed by atoms with Crippen molar-refractivity contribution in [1.29, 1.82) is 0 Å². The highest BCUT2D eigenvalue weighted by atomic mass is 79.9. The summed E-state index contributed by atoms with van der Waals surface area (Å²) < 4.78 is 27.2. The van der Waals surface area contributed by atoms with E-state index in [0.717, 1.165) is 6.07 Å². The lowest BCUT2D eigenvalue weighted by Gasteiger charge is -2.22. The summed E-state index contributed by atoms with van der Waals surface area (Å²) in [5, 5.41) is 11.5. The Kier molecular flexibility index (Phi) is 4.64. The molecule has 0 saturated carbocycles. The predicted molar refractivity (Wildman–Crippen MR) is 77.5 cm³/mol. The zero-order valence-corrected chi connectivity index (χ0v) is 13.2. The minimum Gasteiger partial charge on any atom is -0.478 e. The molecule has 21 heavy (non-hydrogen) atoms. The highest BCUT2D eigenvalue weighted by Gasteiger charge is 2.29. The van der Waals surface area contributed by atoms with Crippen LogP contribution in [-0.4, -0.2) is 38.0 Å². The van der Waals surface area contributed by atoms with Gasteiger partial charge in [0, 0.05) is 11.0 Å². The number of amides is 1. The second-order valence-electron chi connectivity index (χ2n) is 4.56. The van der Waals surface area contributed by atoms with E-state index >= 15 is 0 Å². The Morgan fingerprint density at radius 1 is 1.43 bits per heavy atom. The first-order chi connectivity index (χ1) is 9.81. The highest BCUT2D eigenvalue weighted by molar-refractivity contribution is 9.10. The SMILES string of the molecule is O=C(O)c1ccc(Br)c(S(=O)(=O)NC2CCCNC2=O)c1. The van der Waals surface area contributed by atoms with Gasteiger partial charge in [0.05, 0.1) is 10.5 Å². The average molecular weight is 377 g/mol. The molecule has 1 aliphatic rings. The molecule has 0 spiro atoms. The van der Waals surface area contributed by atoms with Gasteiger partial charge < -0.3 is 10.4 Å². The predicted octanol–water partition coefficient (Wildman–Crippen LogP) is 0.704. The number of carboxylic acids is 1. The van der Waals surface area contributed by atoms with Gasteiger partial charge in [-0.2, -0.15) is 4.72 Å². The van der Waals surface area contributed by atoms with Gasteiger partial charge in [0.1, 0.15) is 6.04 Å². The van der Waals surface area contributed by atoms with Crippen molar-refractivity contribution < 1.29 is 23.1 Å². The van der Waals surface area contributed by atoms with Crippen LogP contribution in [0.15, 0.2) is 27.6 Å². The van der Waals surface area contributed by atoms with E-state index < -0.39 is 22.0 Å². The van der Waals surface area contributed by atoms with Crippen molar-refractivity contribution >= 4 is 37.8 Å². The molecular weight excluding hydrogens is 364 g/mol. The van der Waals surface area contributed by atoms with Crippen LogP contribution in [-0.2, 0) is 14.8 Å². The minimum absolute atomic E-state index is 0.147. The van der Waals surface area contributed by atoms with Crippen LogP contribution in [0.4, 0.5) is 0 Å². The molecule has 114 valence electrons. The number of aromatic carboxylic acids is 1. The summed E-state index contributed by atoms with van der Waals surface area (Å²) in [7, 11) is -4.00. The van der Waals surface area contributed by atoms with Crippen LogP contribution in [0.25, 0.3) is 0 Å². The summed E-state index contributed by atoms with van der Waals surface area (Å²) in [6, 6.07) is 2.84. The van der Waals surface area contributed by atoms with Crippen LogP contribution < -0.4 is 10.0 Å². The molecule has 1 aromatic carbocycles. The van der Waals surface area contributed by atoms with Gasteiger partial charge in [-0.25, -0.2) is 13.2 Å². The number of sulfonamides is 1. The van der Waals surface area contributed by atoms with Crippen molar-refractivity contribution in [1.82, 2.24) is 10.0 Å². The number of hydrogen-bond acceptors (Lipinski definition) is 4. The smallest absolute Gasteiger partial charge is 0.335 e. The summed E-state index contributed by atoms with van der Waals surface area (Å²) in [5.74, 6) is -1.61. The molecule has 3 N–H and O–H groups in total. The number of piperidine rings is 1. The molecule has 7 nitrogen and oxygen atoms in total. The number of nitrogens with one attached hydrogen (secondary N) is 2. The Hall–Kier alpha value is -1.45. The molecule has 1 amide bonds. The summed E-state index contributed by atoms with van der Waals surface area (Å²) >= 11 is 3.08. The van der Waals surface area contributed by atoms with E-state index in [0.29, 0.717) is 19.4 Å². The number of rotatable bonds is 4. The second kappa shape index (κ2) is 6.12. The zero-order valence-electron chi connectivity index (χ0n) is 10.8. The summed E-state index contributed by atoms with van der Waals surface area (Å²) in [5.41, 5.74) is -0.147. The van der Waals surface area contributed by atoms with Crippen LogP contribution in [0.2, 0.25) is 0 Å². The summed E-state index contributed by atoms with van der Waals surface area (Å²) in [4.78, 5) is 22.4. The van der Waals surface area contributed by atoms with Crippen LogP contribution in [0.1, 0.15) is 23.2 Å². The largest absolute Gasteiger partial charge is 0.478 e. The van der Waals surface area contributed by atoms with Crippen molar-refractivity contribution in [3.8, 4) is 0 Å². The molecule has 1 atom stereocenters. The molecule has 9 heteroatoms. The average Bonchev–Trinajstić information content (AvgIpc) is 2.41. The van der Waals surface area contributed by atoms with Gasteiger partial charge in [0.2, 0.25) is 15.9 Å². The van der Waals surface area contributed by atoms with E-state index in [1.165, 1.54) is 12.1 Å². The van der Waals surface area contributed by atoms with E-state index in [9.17, 15) is 18.0 Å². The van der Waals surface area contributed by atoms with Crippen molar-refractivity contribution in [3.63, 3.8) is 0 Å². The van der Waals surface area contributed by atoms with E-state index in [1.54, 1.807) is 0 Å². The third-order valence-electron chi connectivity index (χ3n) is 3.05. The first-order valence-electron chi connectivity index (χ1n) is 6.14. The lowest BCUT2D eigenvalue weighted by Crippen LogP contribution is -2.50. The molecule has 1 saturated heterocycles. The van der Waals surface area contributed by atoms with Gasteiger partial charge in [-0.05, 0) is 47.0 Å². The molecule has 0 aromatic heterocycles. The quantitative estimate of drug-likeness (QED) is 0.715. The van der Waals surface area contributed by atoms with Crippen molar-refractivity contribution in [2.24, 2.45) is 0 Å². The van der Waals surface area contributed by atoms with Crippen LogP contribution in [0, 0.1) is 0 Å². The molecule has 1 heterocycles. The van der Waals surface area contributed by atoms with Gasteiger partial charge in [-0.1, -0.05) is 0 Å². The number of hydrogen-bond donors (Lipinski definition) is 3. The molecule has 2 rings (SSSR count). The monoisotopic (exact) mass is 376 g/mol. The first kappa shape index (κ1) is 15.9. The lowest BCUT2D eigenvalue weighted by atomic mass is 10.1. The second-order valence-corrected chi connectivity index (χ2v) is 7.09. The topological polar surface area (TPSA) is 113 Å². The highest BCUT2D eigenvalue weighted by Crippen LogP contribution is 2.24. The maximum atomic E-state index is 12.3. The summed E-state index contributed by atoms with van der Waals surface area (Å²) in [6.07, 6.45) is 1.08. The van der Waals surface area contributed by atoms with Crippen molar-refractivity contribution in [3.05, 3.63) is 28.2 Å². The maximum absolute atomic E-state index is 12.3. The van der Waals surface area contributed by atoms with E-state index in [-0.39, 0.29) is 20.8 Å². The maximum Gasteiger partial charge on any atom is 0.335 e. The van der Waals surface area contributed by atoms with E-state index in [2.05, 4.69) is 26.0 Å². The van der Waals surface area contributed by atoms with Crippen molar-refractivity contribution in [2.75, 3.05) is 6.54 Å². The van der Waals surface area contributed by atoms with Gasteiger partial charge in [-0.15, -0.1) is 0 Å². The van der Waals surface area contributed by atoms with Gasteiger partial charge in [0.15, 0.2) is 0 Å².